The van der Waals surface area contributed by atoms with Gasteiger partial charge in [-0.2, -0.15) is 0 Å². The lowest BCUT2D eigenvalue weighted by Gasteiger charge is -2.41. The zero-order chi connectivity index (χ0) is 12.3. The van der Waals surface area contributed by atoms with Crippen LogP contribution in [0.4, 0.5) is 4.79 Å². The van der Waals surface area contributed by atoms with Crippen molar-refractivity contribution in [1.82, 2.24) is 10.2 Å². The van der Waals surface area contributed by atoms with Crippen molar-refractivity contribution < 1.29 is 14.7 Å². The van der Waals surface area contributed by atoms with Crippen LogP contribution in [0.2, 0.25) is 0 Å². The Bertz CT molecular complexity index is 308. The standard InChI is InChI=1S/C11H18N2O3/c1-7(2)4-12-11(16)13-5-9(6-13)8(3)10(14)15/h8-9H,1,4-6H2,2-3H3,(H,12,16)(H,14,15). The Morgan fingerprint density at radius 3 is 2.56 bits per heavy atom. The van der Waals surface area contributed by atoms with E-state index in [9.17, 15) is 9.59 Å². The summed E-state index contributed by atoms with van der Waals surface area (Å²) in [6, 6.07) is -0.142. The van der Waals surface area contributed by atoms with Gasteiger partial charge in [0.1, 0.15) is 0 Å². The fourth-order valence-corrected chi connectivity index (χ4v) is 1.53. The highest BCUT2D eigenvalue weighted by atomic mass is 16.4. The van der Waals surface area contributed by atoms with Crippen LogP contribution in [0.1, 0.15) is 13.8 Å². The van der Waals surface area contributed by atoms with Gasteiger partial charge < -0.3 is 15.3 Å². The Kier molecular flexibility index (Phi) is 3.93. The van der Waals surface area contributed by atoms with E-state index in [1.54, 1.807) is 11.8 Å². The minimum Gasteiger partial charge on any atom is -0.481 e. The number of aliphatic carboxylic acids is 1. The number of amides is 2. The highest BCUT2D eigenvalue weighted by molar-refractivity contribution is 5.76. The van der Waals surface area contributed by atoms with E-state index in [2.05, 4.69) is 11.9 Å². The highest BCUT2D eigenvalue weighted by Gasteiger charge is 2.36. The van der Waals surface area contributed by atoms with Gasteiger partial charge in [-0.1, -0.05) is 19.1 Å². The summed E-state index contributed by atoms with van der Waals surface area (Å²) < 4.78 is 0. The minimum atomic E-state index is -0.799. The Balaban J connectivity index is 2.27. The molecule has 5 heteroatoms. The molecule has 1 saturated heterocycles. The number of nitrogens with one attached hydrogen (secondary N) is 1. The van der Waals surface area contributed by atoms with Crippen molar-refractivity contribution in [2.45, 2.75) is 13.8 Å². The van der Waals surface area contributed by atoms with Crippen molar-refractivity contribution in [2.24, 2.45) is 11.8 Å². The average molecular weight is 226 g/mol. The van der Waals surface area contributed by atoms with Crippen molar-refractivity contribution in [3.8, 4) is 0 Å². The SMILES string of the molecule is C=C(C)CNC(=O)N1CC(C(C)C(=O)O)C1. The largest absolute Gasteiger partial charge is 0.481 e. The summed E-state index contributed by atoms with van der Waals surface area (Å²) in [6.45, 7) is 8.71. The van der Waals surface area contributed by atoms with Gasteiger partial charge in [0.2, 0.25) is 0 Å². The van der Waals surface area contributed by atoms with Gasteiger partial charge in [0, 0.05) is 25.6 Å². The van der Waals surface area contributed by atoms with Crippen molar-refractivity contribution in [2.75, 3.05) is 19.6 Å². The van der Waals surface area contributed by atoms with Gasteiger partial charge in [0.15, 0.2) is 0 Å². The number of carboxylic acid groups (broad SMARTS) is 1. The van der Waals surface area contributed by atoms with E-state index < -0.39 is 5.97 Å². The van der Waals surface area contributed by atoms with Gasteiger partial charge in [-0.15, -0.1) is 0 Å². The van der Waals surface area contributed by atoms with Crippen LogP contribution < -0.4 is 5.32 Å². The van der Waals surface area contributed by atoms with Gasteiger partial charge in [0.05, 0.1) is 5.92 Å². The van der Waals surface area contributed by atoms with Gasteiger partial charge >= 0.3 is 12.0 Å². The molecule has 2 amide bonds. The number of hydrogen-bond donors (Lipinski definition) is 2. The van der Waals surface area contributed by atoms with Crippen LogP contribution in [-0.2, 0) is 4.79 Å². The first-order valence-electron chi connectivity index (χ1n) is 5.31. The zero-order valence-corrected chi connectivity index (χ0v) is 9.69. The molecule has 90 valence electrons. The van der Waals surface area contributed by atoms with Crippen molar-refractivity contribution in [1.29, 1.82) is 0 Å². The van der Waals surface area contributed by atoms with Crippen LogP contribution in [0.5, 0.6) is 0 Å². The summed E-state index contributed by atoms with van der Waals surface area (Å²) >= 11 is 0. The third-order valence-corrected chi connectivity index (χ3v) is 2.84. The monoisotopic (exact) mass is 226 g/mol. The molecule has 0 aromatic carbocycles. The molecule has 1 aliphatic heterocycles. The maximum atomic E-state index is 11.5. The molecule has 1 aliphatic rings. The Morgan fingerprint density at radius 1 is 1.56 bits per heavy atom. The minimum absolute atomic E-state index is 0.0769. The average Bonchev–Trinajstić information content (AvgIpc) is 2.11. The van der Waals surface area contributed by atoms with Gasteiger partial charge in [-0.3, -0.25) is 4.79 Å². The number of urea groups is 1. The summed E-state index contributed by atoms with van der Waals surface area (Å²) in [5, 5.41) is 11.5. The maximum absolute atomic E-state index is 11.5. The molecule has 1 rings (SSSR count). The number of carbonyl (C=O) groups is 2. The zero-order valence-electron chi connectivity index (χ0n) is 9.69. The summed E-state index contributed by atoms with van der Waals surface area (Å²) in [5.41, 5.74) is 0.893. The lowest BCUT2D eigenvalue weighted by atomic mass is 9.87. The Labute approximate surface area is 95.1 Å². The first-order valence-corrected chi connectivity index (χ1v) is 5.31. The normalized spacial score (nSPS) is 17.5. The third kappa shape index (κ3) is 2.98. The second-order valence-corrected chi connectivity index (χ2v) is 4.41. The predicted molar refractivity (Wildman–Crippen MR) is 60.1 cm³/mol. The topological polar surface area (TPSA) is 69.6 Å². The predicted octanol–water partition coefficient (Wildman–Crippen LogP) is 0.925. The van der Waals surface area contributed by atoms with E-state index in [0.717, 1.165) is 5.57 Å². The van der Waals surface area contributed by atoms with Crippen LogP contribution in [0.25, 0.3) is 0 Å². The molecule has 1 fully saturated rings. The number of likely N-dealkylation sites (tertiary alicyclic amines) is 1. The second-order valence-electron chi connectivity index (χ2n) is 4.41. The molecule has 0 aromatic rings. The maximum Gasteiger partial charge on any atom is 0.317 e. The van der Waals surface area contributed by atoms with Crippen molar-refractivity contribution in [3.63, 3.8) is 0 Å². The molecule has 16 heavy (non-hydrogen) atoms. The molecule has 0 radical (unpaired) electrons. The summed E-state index contributed by atoms with van der Waals surface area (Å²) in [7, 11) is 0. The fraction of sp³-hybridized carbons (Fsp3) is 0.636. The van der Waals surface area contributed by atoms with Crippen LogP contribution in [0, 0.1) is 11.8 Å². The van der Waals surface area contributed by atoms with E-state index >= 15 is 0 Å². The van der Waals surface area contributed by atoms with Gasteiger partial charge in [0.25, 0.3) is 0 Å². The van der Waals surface area contributed by atoms with Gasteiger partial charge in [-0.05, 0) is 6.92 Å². The molecular weight excluding hydrogens is 208 g/mol. The van der Waals surface area contributed by atoms with E-state index in [0.29, 0.717) is 19.6 Å². The first-order chi connectivity index (χ1) is 7.41. The van der Waals surface area contributed by atoms with Crippen molar-refractivity contribution >= 4 is 12.0 Å². The summed E-state index contributed by atoms with van der Waals surface area (Å²) in [4.78, 5) is 23.8. The molecule has 0 aliphatic carbocycles. The molecule has 0 spiro atoms. The van der Waals surface area contributed by atoms with E-state index in [1.165, 1.54) is 0 Å². The van der Waals surface area contributed by atoms with E-state index in [-0.39, 0.29) is 17.9 Å². The summed E-state index contributed by atoms with van der Waals surface area (Å²) in [5.74, 6) is -1.11. The third-order valence-electron chi connectivity index (χ3n) is 2.84. The van der Waals surface area contributed by atoms with Crippen LogP contribution in [0.3, 0.4) is 0 Å². The van der Waals surface area contributed by atoms with E-state index in [4.69, 9.17) is 5.11 Å². The molecule has 0 saturated carbocycles. The van der Waals surface area contributed by atoms with Crippen LogP contribution in [-0.4, -0.2) is 41.6 Å². The second kappa shape index (κ2) is 5.01. The van der Waals surface area contributed by atoms with Gasteiger partial charge in [-0.25, -0.2) is 4.79 Å². The van der Waals surface area contributed by atoms with E-state index in [1.807, 2.05) is 6.92 Å². The lowest BCUT2D eigenvalue weighted by Crippen LogP contribution is -2.56. The molecule has 1 atom stereocenters. The molecule has 2 N–H and O–H groups in total. The molecule has 0 aromatic heterocycles. The lowest BCUT2D eigenvalue weighted by molar-refractivity contribution is -0.144. The molecule has 0 bridgehead atoms. The molecule has 1 heterocycles. The fourth-order valence-electron chi connectivity index (χ4n) is 1.53. The smallest absolute Gasteiger partial charge is 0.317 e. The quantitative estimate of drug-likeness (QED) is 0.700. The molecular formula is C11H18N2O3. The number of carbonyl (C=O) groups excluding carboxylic acids is 1. The number of nitrogens with zero attached hydrogens (tertiary/aromatic N) is 1. The Morgan fingerprint density at radius 2 is 2.12 bits per heavy atom. The molecule has 1 unspecified atom stereocenters. The number of rotatable bonds is 4. The van der Waals surface area contributed by atoms with Crippen LogP contribution in [0.15, 0.2) is 12.2 Å². The summed E-state index contributed by atoms with van der Waals surface area (Å²) in [6.07, 6.45) is 0. The highest BCUT2D eigenvalue weighted by Crippen LogP contribution is 2.23. The van der Waals surface area contributed by atoms with Crippen molar-refractivity contribution in [3.05, 3.63) is 12.2 Å². The number of carboxylic acids is 1. The number of hydrogen-bond acceptors (Lipinski definition) is 2. The first kappa shape index (κ1) is 12.5. The molecule has 5 nitrogen and oxygen atoms in total. The Hall–Kier alpha value is -1.52. The van der Waals surface area contributed by atoms with Crippen LogP contribution >= 0.6 is 0 Å².